The molecule has 0 spiro atoms. The molecule has 0 radical (unpaired) electrons. The van der Waals surface area contributed by atoms with Crippen LogP contribution in [0.15, 0.2) is 11.6 Å². The van der Waals surface area contributed by atoms with E-state index in [4.69, 9.17) is 0 Å². The molecule has 0 saturated carbocycles. The zero-order valence-corrected chi connectivity index (χ0v) is 8.87. The van der Waals surface area contributed by atoms with Gasteiger partial charge in [-0.3, -0.25) is 0 Å². The molecule has 0 saturated heterocycles. The molecule has 0 aliphatic carbocycles. The lowest BCUT2D eigenvalue weighted by atomic mass is 10.1. The summed E-state index contributed by atoms with van der Waals surface area (Å²) in [6.45, 7) is 4.05. The SMILES string of the molecule is CC#CCC/C(C)=C/CCBr. The summed E-state index contributed by atoms with van der Waals surface area (Å²) in [5.41, 5.74) is 1.45. The van der Waals surface area contributed by atoms with Gasteiger partial charge in [0.05, 0.1) is 0 Å². The fourth-order valence-electron chi connectivity index (χ4n) is 0.788. The van der Waals surface area contributed by atoms with Crippen LogP contribution in [-0.2, 0) is 0 Å². The van der Waals surface area contributed by atoms with Gasteiger partial charge in [0.2, 0.25) is 0 Å². The van der Waals surface area contributed by atoms with Crippen LogP contribution in [0.4, 0.5) is 0 Å². The Labute approximate surface area is 78.2 Å². The van der Waals surface area contributed by atoms with Gasteiger partial charge in [0, 0.05) is 11.8 Å². The summed E-state index contributed by atoms with van der Waals surface area (Å²) in [4.78, 5) is 0. The van der Waals surface area contributed by atoms with Crippen molar-refractivity contribution in [3.05, 3.63) is 11.6 Å². The molecule has 0 atom stereocenters. The first-order chi connectivity index (χ1) is 5.31. The van der Waals surface area contributed by atoms with E-state index in [0.717, 1.165) is 24.6 Å². The van der Waals surface area contributed by atoms with Gasteiger partial charge in [-0.1, -0.05) is 27.6 Å². The Morgan fingerprint density at radius 1 is 1.55 bits per heavy atom. The van der Waals surface area contributed by atoms with E-state index < -0.39 is 0 Å². The highest BCUT2D eigenvalue weighted by atomic mass is 79.9. The normalized spacial score (nSPS) is 10.6. The molecule has 0 rings (SSSR count). The third-order valence-corrected chi connectivity index (χ3v) is 1.88. The summed E-state index contributed by atoms with van der Waals surface area (Å²) in [7, 11) is 0. The van der Waals surface area contributed by atoms with Crippen molar-refractivity contribution in [1.29, 1.82) is 0 Å². The van der Waals surface area contributed by atoms with Gasteiger partial charge in [-0.2, -0.15) is 0 Å². The molecule has 11 heavy (non-hydrogen) atoms. The summed E-state index contributed by atoms with van der Waals surface area (Å²) in [5, 5.41) is 1.06. The van der Waals surface area contributed by atoms with Crippen molar-refractivity contribution in [2.45, 2.75) is 33.1 Å². The zero-order chi connectivity index (χ0) is 8.53. The molecule has 1 heteroatoms. The molecular formula is C10H15Br. The molecule has 0 aliphatic heterocycles. The molecule has 0 aromatic heterocycles. The first kappa shape index (κ1) is 10.8. The minimum atomic E-state index is 1.00. The van der Waals surface area contributed by atoms with Crippen LogP contribution in [0.25, 0.3) is 0 Å². The summed E-state index contributed by atoms with van der Waals surface area (Å²) < 4.78 is 0. The second kappa shape index (κ2) is 7.88. The van der Waals surface area contributed by atoms with Crippen LogP contribution in [-0.4, -0.2) is 5.33 Å². The van der Waals surface area contributed by atoms with Gasteiger partial charge < -0.3 is 0 Å². The Hall–Kier alpha value is -0.220. The maximum absolute atomic E-state index is 3.39. The molecule has 0 nitrogen and oxygen atoms in total. The van der Waals surface area contributed by atoms with Crippen LogP contribution < -0.4 is 0 Å². The third kappa shape index (κ3) is 7.68. The highest BCUT2D eigenvalue weighted by molar-refractivity contribution is 9.09. The predicted molar refractivity (Wildman–Crippen MR) is 54.9 cm³/mol. The van der Waals surface area contributed by atoms with Crippen molar-refractivity contribution >= 4 is 15.9 Å². The molecule has 0 unspecified atom stereocenters. The lowest BCUT2D eigenvalue weighted by Crippen LogP contribution is -1.77. The van der Waals surface area contributed by atoms with Crippen LogP contribution in [0.2, 0.25) is 0 Å². The lowest BCUT2D eigenvalue weighted by molar-refractivity contribution is 0.984. The van der Waals surface area contributed by atoms with E-state index in [1.54, 1.807) is 0 Å². The van der Waals surface area contributed by atoms with Crippen molar-refractivity contribution in [3.63, 3.8) is 0 Å². The molecule has 0 heterocycles. The van der Waals surface area contributed by atoms with Crippen molar-refractivity contribution in [2.24, 2.45) is 0 Å². The number of alkyl halides is 1. The molecular weight excluding hydrogens is 200 g/mol. The molecule has 0 aromatic carbocycles. The van der Waals surface area contributed by atoms with Crippen LogP contribution in [0.1, 0.15) is 33.1 Å². The second-order valence-corrected chi connectivity index (χ2v) is 3.25. The Kier molecular flexibility index (Phi) is 7.72. The Morgan fingerprint density at radius 2 is 2.27 bits per heavy atom. The van der Waals surface area contributed by atoms with Gasteiger partial charge in [0.15, 0.2) is 0 Å². The van der Waals surface area contributed by atoms with Crippen molar-refractivity contribution in [1.82, 2.24) is 0 Å². The van der Waals surface area contributed by atoms with Crippen molar-refractivity contribution in [3.8, 4) is 11.8 Å². The van der Waals surface area contributed by atoms with Crippen LogP contribution in [0.3, 0.4) is 0 Å². The minimum Gasteiger partial charge on any atom is -0.107 e. The van der Waals surface area contributed by atoms with E-state index in [0.29, 0.717) is 0 Å². The molecule has 0 aromatic rings. The molecule has 0 bridgehead atoms. The smallest absolute Gasteiger partial charge is 0.0126 e. The van der Waals surface area contributed by atoms with Gasteiger partial charge in [-0.15, -0.1) is 11.8 Å². The maximum Gasteiger partial charge on any atom is 0.0126 e. The van der Waals surface area contributed by atoms with E-state index >= 15 is 0 Å². The Morgan fingerprint density at radius 3 is 2.82 bits per heavy atom. The average molecular weight is 215 g/mol. The molecule has 62 valence electrons. The minimum absolute atomic E-state index is 1.00. The summed E-state index contributed by atoms with van der Waals surface area (Å²) in [6.07, 6.45) is 5.52. The van der Waals surface area contributed by atoms with Gasteiger partial charge in [0.1, 0.15) is 0 Å². The molecule has 0 fully saturated rings. The Balaban J connectivity index is 3.47. The number of allylic oxidation sites excluding steroid dienone is 2. The fraction of sp³-hybridized carbons (Fsp3) is 0.600. The predicted octanol–water partition coefficient (Wildman–Crippen LogP) is 3.52. The largest absolute Gasteiger partial charge is 0.107 e. The second-order valence-electron chi connectivity index (χ2n) is 2.45. The molecule has 0 aliphatic rings. The van der Waals surface area contributed by atoms with E-state index in [9.17, 15) is 0 Å². The molecule has 0 amide bonds. The van der Waals surface area contributed by atoms with Gasteiger partial charge in [0.25, 0.3) is 0 Å². The standard InChI is InChI=1S/C10H15Br/c1-3-4-5-7-10(2)8-6-9-11/h8H,5-7,9H2,1-2H3/b10-8+. The first-order valence-electron chi connectivity index (χ1n) is 3.92. The summed E-state index contributed by atoms with van der Waals surface area (Å²) >= 11 is 3.39. The van der Waals surface area contributed by atoms with Crippen molar-refractivity contribution < 1.29 is 0 Å². The first-order valence-corrected chi connectivity index (χ1v) is 5.04. The van der Waals surface area contributed by atoms with Crippen LogP contribution in [0.5, 0.6) is 0 Å². The number of rotatable bonds is 4. The highest BCUT2D eigenvalue weighted by Gasteiger charge is 1.86. The van der Waals surface area contributed by atoms with Crippen molar-refractivity contribution in [2.75, 3.05) is 5.33 Å². The lowest BCUT2D eigenvalue weighted by Gasteiger charge is -1.94. The zero-order valence-electron chi connectivity index (χ0n) is 7.28. The van der Waals surface area contributed by atoms with E-state index in [1.165, 1.54) is 5.57 Å². The van der Waals surface area contributed by atoms with E-state index in [-0.39, 0.29) is 0 Å². The number of hydrogen-bond acceptors (Lipinski definition) is 0. The van der Waals surface area contributed by atoms with Gasteiger partial charge in [-0.25, -0.2) is 0 Å². The highest BCUT2D eigenvalue weighted by Crippen LogP contribution is 2.04. The quantitative estimate of drug-likeness (QED) is 0.382. The van der Waals surface area contributed by atoms with E-state index in [2.05, 4.69) is 40.8 Å². The summed E-state index contributed by atoms with van der Waals surface area (Å²) in [5.74, 6) is 5.95. The Bertz CT molecular complexity index is 169. The topological polar surface area (TPSA) is 0 Å². The third-order valence-electron chi connectivity index (χ3n) is 1.42. The molecule has 0 N–H and O–H groups in total. The average Bonchev–Trinajstić information content (AvgIpc) is 2.01. The van der Waals surface area contributed by atoms with Gasteiger partial charge >= 0.3 is 0 Å². The maximum atomic E-state index is 3.39. The number of halogens is 1. The van der Waals surface area contributed by atoms with E-state index in [1.807, 2.05) is 6.92 Å². The number of hydrogen-bond donors (Lipinski definition) is 0. The van der Waals surface area contributed by atoms with Crippen LogP contribution in [0, 0.1) is 11.8 Å². The summed E-state index contributed by atoms with van der Waals surface area (Å²) in [6, 6.07) is 0. The fourth-order valence-corrected chi connectivity index (χ4v) is 1.02. The van der Waals surface area contributed by atoms with Crippen LogP contribution >= 0.6 is 15.9 Å². The monoisotopic (exact) mass is 214 g/mol. The van der Waals surface area contributed by atoms with Gasteiger partial charge in [-0.05, 0) is 26.7 Å².